The summed E-state index contributed by atoms with van der Waals surface area (Å²) in [6, 6.07) is 4.55. The van der Waals surface area contributed by atoms with Gasteiger partial charge in [0.15, 0.2) is 0 Å². The Bertz CT molecular complexity index is 493. The van der Waals surface area contributed by atoms with Crippen LogP contribution in [-0.2, 0) is 6.18 Å². The van der Waals surface area contributed by atoms with Crippen LogP contribution in [0.4, 0.5) is 13.2 Å². The van der Waals surface area contributed by atoms with Crippen molar-refractivity contribution < 1.29 is 13.2 Å². The third kappa shape index (κ3) is 3.63. The lowest BCUT2D eigenvalue weighted by atomic mass is 9.97. The molecule has 0 aliphatic carbocycles. The van der Waals surface area contributed by atoms with Crippen molar-refractivity contribution in [3.8, 4) is 0 Å². The lowest BCUT2D eigenvalue weighted by Crippen LogP contribution is -2.30. The van der Waals surface area contributed by atoms with E-state index in [0.717, 1.165) is 38.0 Å². The predicted molar refractivity (Wildman–Crippen MR) is 75.5 cm³/mol. The summed E-state index contributed by atoms with van der Waals surface area (Å²) in [4.78, 5) is 2.32. The van der Waals surface area contributed by atoms with Crippen LogP contribution in [0.5, 0.6) is 0 Å². The average Bonchev–Trinajstić information content (AvgIpc) is 2.40. The molecule has 1 fully saturated rings. The van der Waals surface area contributed by atoms with Crippen LogP contribution in [0.3, 0.4) is 0 Å². The maximum Gasteiger partial charge on any atom is 0.416 e. The quantitative estimate of drug-likeness (QED) is 0.771. The van der Waals surface area contributed by atoms with Crippen molar-refractivity contribution in [3.05, 3.63) is 40.5 Å². The van der Waals surface area contributed by atoms with Gasteiger partial charge in [0.1, 0.15) is 0 Å². The number of hydrogen-bond donors (Lipinski definition) is 0. The number of likely N-dealkylation sites (tertiary alicyclic amines) is 1. The topological polar surface area (TPSA) is 3.24 Å². The minimum absolute atomic E-state index is 0.294. The Morgan fingerprint density at radius 3 is 2.40 bits per heavy atom. The zero-order valence-corrected chi connectivity index (χ0v) is 11.9. The zero-order valence-electron chi connectivity index (χ0n) is 11.9. The molecule has 2 rings (SSSR count). The van der Waals surface area contributed by atoms with Gasteiger partial charge >= 0.3 is 6.18 Å². The first-order chi connectivity index (χ1) is 9.40. The molecule has 0 radical (unpaired) electrons. The van der Waals surface area contributed by atoms with Crippen LogP contribution >= 0.6 is 0 Å². The lowest BCUT2D eigenvalue weighted by Gasteiger charge is -2.27. The number of piperidine rings is 1. The van der Waals surface area contributed by atoms with E-state index in [-0.39, 0.29) is 0 Å². The summed E-state index contributed by atoms with van der Waals surface area (Å²) in [5.74, 6) is 0. The molecular weight excluding hydrogens is 263 g/mol. The summed E-state index contributed by atoms with van der Waals surface area (Å²) < 4.78 is 39.2. The van der Waals surface area contributed by atoms with E-state index in [1.165, 1.54) is 6.07 Å². The minimum atomic E-state index is -4.29. The van der Waals surface area contributed by atoms with Gasteiger partial charge in [0.25, 0.3) is 0 Å². The van der Waals surface area contributed by atoms with Gasteiger partial charge in [-0.3, -0.25) is 0 Å². The summed E-state index contributed by atoms with van der Waals surface area (Å²) in [5.41, 5.74) is 1.52. The van der Waals surface area contributed by atoms with Gasteiger partial charge in [0.05, 0.1) is 5.56 Å². The first-order valence-electron chi connectivity index (χ1n) is 7.00. The summed E-state index contributed by atoms with van der Waals surface area (Å²) in [7, 11) is 0. The van der Waals surface area contributed by atoms with Crippen LogP contribution in [0, 0.1) is 6.92 Å². The summed E-state index contributed by atoms with van der Waals surface area (Å²) in [6.07, 6.45) is -0.837. The fourth-order valence-corrected chi connectivity index (χ4v) is 2.56. The standard InChI is InChI=1S/C16H20F3N/c1-3-20-8-6-13(7-9-20)11-14-5-4-12(2)10-15(14)16(17,18)19/h4-5,10-11H,3,6-9H2,1-2H3. The van der Waals surface area contributed by atoms with Crippen LogP contribution in [0.2, 0.25) is 0 Å². The molecule has 1 aliphatic heterocycles. The molecule has 1 saturated heterocycles. The van der Waals surface area contributed by atoms with Crippen LogP contribution < -0.4 is 0 Å². The van der Waals surface area contributed by atoms with E-state index >= 15 is 0 Å². The predicted octanol–water partition coefficient (Wildman–Crippen LogP) is 4.51. The molecule has 1 nitrogen and oxygen atoms in total. The highest BCUT2D eigenvalue weighted by atomic mass is 19.4. The number of rotatable bonds is 2. The van der Waals surface area contributed by atoms with Gasteiger partial charge in [0, 0.05) is 13.1 Å². The second-order valence-corrected chi connectivity index (χ2v) is 5.33. The van der Waals surface area contributed by atoms with Gasteiger partial charge in [-0.2, -0.15) is 13.2 Å². The van der Waals surface area contributed by atoms with E-state index in [0.29, 0.717) is 11.1 Å². The maximum absolute atomic E-state index is 13.1. The second-order valence-electron chi connectivity index (χ2n) is 5.33. The van der Waals surface area contributed by atoms with Crippen molar-refractivity contribution in [2.75, 3.05) is 19.6 Å². The molecule has 0 saturated carbocycles. The third-order valence-corrected chi connectivity index (χ3v) is 3.82. The zero-order chi connectivity index (χ0) is 14.8. The Kier molecular flexibility index (Phi) is 4.53. The first-order valence-corrected chi connectivity index (χ1v) is 7.00. The Balaban J connectivity index is 2.25. The second kappa shape index (κ2) is 6.00. The lowest BCUT2D eigenvalue weighted by molar-refractivity contribution is -0.137. The fraction of sp³-hybridized carbons (Fsp3) is 0.500. The molecule has 0 spiro atoms. The molecule has 0 bridgehead atoms. The van der Waals surface area contributed by atoms with E-state index in [2.05, 4.69) is 11.8 Å². The summed E-state index contributed by atoms with van der Waals surface area (Å²) in [5, 5.41) is 0. The Labute approximate surface area is 118 Å². The van der Waals surface area contributed by atoms with Crippen molar-refractivity contribution in [1.29, 1.82) is 0 Å². The van der Waals surface area contributed by atoms with Crippen molar-refractivity contribution in [2.24, 2.45) is 0 Å². The normalized spacial score (nSPS) is 17.4. The number of nitrogens with zero attached hydrogens (tertiary/aromatic N) is 1. The largest absolute Gasteiger partial charge is 0.416 e. The molecule has 0 amide bonds. The number of hydrogen-bond acceptors (Lipinski definition) is 1. The van der Waals surface area contributed by atoms with E-state index < -0.39 is 11.7 Å². The van der Waals surface area contributed by atoms with Gasteiger partial charge < -0.3 is 4.90 Å². The number of halogens is 3. The smallest absolute Gasteiger partial charge is 0.303 e. The number of benzene rings is 1. The molecule has 1 aromatic rings. The monoisotopic (exact) mass is 283 g/mol. The molecule has 0 unspecified atom stereocenters. The molecule has 0 N–H and O–H groups in total. The molecule has 0 atom stereocenters. The number of aryl methyl sites for hydroxylation is 1. The highest BCUT2D eigenvalue weighted by molar-refractivity contribution is 5.58. The molecule has 1 aromatic carbocycles. The summed E-state index contributed by atoms with van der Waals surface area (Å²) in [6.45, 7) is 6.68. The Morgan fingerprint density at radius 1 is 1.20 bits per heavy atom. The SMILES string of the molecule is CCN1CCC(=Cc2ccc(C)cc2C(F)(F)F)CC1. The highest BCUT2D eigenvalue weighted by Gasteiger charge is 2.33. The van der Waals surface area contributed by atoms with Gasteiger partial charge in [-0.1, -0.05) is 36.3 Å². The minimum Gasteiger partial charge on any atom is -0.303 e. The van der Waals surface area contributed by atoms with Gasteiger partial charge in [0.2, 0.25) is 0 Å². The highest BCUT2D eigenvalue weighted by Crippen LogP contribution is 2.34. The molecule has 0 aromatic heterocycles. The molecule has 1 heterocycles. The molecule has 1 aliphatic rings. The third-order valence-electron chi connectivity index (χ3n) is 3.82. The number of alkyl halides is 3. The molecule has 20 heavy (non-hydrogen) atoms. The van der Waals surface area contributed by atoms with Crippen LogP contribution in [0.15, 0.2) is 23.8 Å². The van der Waals surface area contributed by atoms with Crippen LogP contribution in [-0.4, -0.2) is 24.5 Å². The maximum atomic E-state index is 13.1. The fourth-order valence-electron chi connectivity index (χ4n) is 2.56. The van der Waals surface area contributed by atoms with Gasteiger partial charge in [-0.15, -0.1) is 0 Å². The molecule has 110 valence electrons. The van der Waals surface area contributed by atoms with Crippen molar-refractivity contribution in [1.82, 2.24) is 4.90 Å². The van der Waals surface area contributed by atoms with Crippen LogP contribution in [0.1, 0.15) is 36.5 Å². The van der Waals surface area contributed by atoms with Gasteiger partial charge in [-0.05, 0) is 37.9 Å². The van der Waals surface area contributed by atoms with Crippen LogP contribution in [0.25, 0.3) is 6.08 Å². The van der Waals surface area contributed by atoms with Crippen molar-refractivity contribution in [3.63, 3.8) is 0 Å². The van der Waals surface area contributed by atoms with E-state index in [9.17, 15) is 13.2 Å². The van der Waals surface area contributed by atoms with Crippen molar-refractivity contribution >= 4 is 6.08 Å². The van der Waals surface area contributed by atoms with E-state index in [1.807, 2.05) is 0 Å². The summed E-state index contributed by atoms with van der Waals surface area (Å²) >= 11 is 0. The Morgan fingerprint density at radius 2 is 1.85 bits per heavy atom. The van der Waals surface area contributed by atoms with Crippen molar-refractivity contribution in [2.45, 2.75) is 32.9 Å². The van der Waals surface area contributed by atoms with E-state index in [1.54, 1.807) is 25.1 Å². The molecular formula is C16H20F3N. The van der Waals surface area contributed by atoms with Gasteiger partial charge in [-0.25, -0.2) is 0 Å². The Hall–Kier alpha value is -1.29. The van der Waals surface area contributed by atoms with E-state index in [4.69, 9.17) is 0 Å². The molecule has 4 heteroatoms. The first kappa shape index (κ1) is 15.1. The average molecular weight is 283 g/mol.